The Bertz CT molecular complexity index is 519. The third-order valence-electron chi connectivity index (χ3n) is 1.81. The van der Waals surface area contributed by atoms with Crippen molar-refractivity contribution in [3.63, 3.8) is 0 Å². The molecular formula is C8H8F4N2O2S. The van der Waals surface area contributed by atoms with E-state index in [1.807, 2.05) is 0 Å². The molecule has 9 heteroatoms. The number of halogens is 4. The molecule has 0 saturated carbocycles. The number of hydrogen-bond acceptors (Lipinski definition) is 3. The lowest BCUT2D eigenvalue weighted by atomic mass is 10.3. The fourth-order valence-corrected chi connectivity index (χ4v) is 2.10. The van der Waals surface area contributed by atoms with Crippen LogP contribution in [0.5, 0.6) is 0 Å². The molecule has 0 aliphatic carbocycles. The molecule has 96 valence electrons. The summed E-state index contributed by atoms with van der Waals surface area (Å²) < 4.78 is 73.9. The van der Waals surface area contributed by atoms with Gasteiger partial charge in [0.1, 0.15) is 16.4 Å². The fourth-order valence-electron chi connectivity index (χ4n) is 1.01. The summed E-state index contributed by atoms with van der Waals surface area (Å²) in [5.74, 6) is -2.64. The Hall–Kier alpha value is -1.35. The van der Waals surface area contributed by atoms with Gasteiger partial charge in [-0.05, 0) is 12.1 Å². The molecule has 17 heavy (non-hydrogen) atoms. The van der Waals surface area contributed by atoms with Crippen LogP contribution in [0.3, 0.4) is 0 Å². The van der Waals surface area contributed by atoms with Crippen molar-refractivity contribution in [3.05, 3.63) is 23.8 Å². The maximum atomic E-state index is 13.3. The van der Waals surface area contributed by atoms with Crippen LogP contribution < -0.4 is 10.5 Å². The molecule has 0 aromatic heterocycles. The Kier molecular flexibility index (Phi) is 3.94. The lowest BCUT2D eigenvalue weighted by Gasteiger charge is -2.08. The van der Waals surface area contributed by atoms with Crippen molar-refractivity contribution in [3.8, 4) is 0 Å². The predicted octanol–water partition coefficient (Wildman–Crippen LogP) is 1.09. The number of alkyl halides is 2. The van der Waals surface area contributed by atoms with Gasteiger partial charge in [0.05, 0.1) is 6.54 Å². The van der Waals surface area contributed by atoms with E-state index in [0.717, 1.165) is 0 Å². The van der Waals surface area contributed by atoms with Crippen LogP contribution in [0.1, 0.15) is 0 Å². The smallest absolute Gasteiger partial charge is 0.251 e. The van der Waals surface area contributed by atoms with Crippen molar-refractivity contribution in [2.45, 2.75) is 11.3 Å². The van der Waals surface area contributed by atoms with Gasteiger partial charge in [-0.2, -0.15) is 0 Å². The molecule has 0 heterocycles. The molecule has 0 spiro atoms. The zero-order valence-corrected chi connectivity index (χ0v) is 9.07. The Morgan fingerprint density at radius 3 is 2.41 bits per heavy atom. The van der Waals surface area contributed by atoms with Gasteiger partial charge in [0.2, 0.25) is 10.0 Å². The van der Waals surface area contributed by atoms with Gasteiger partial charge in [0, 0.05) is 0 Å². The highest BCUT2D eigenvalue weighted by Crippen LogP contribution is 2.22. The zero-order valence-electron chi connectivity index (χ0n) is 8.25. The van der Waals surface area contributed by atoms with Crippen molar-refractivity contribution in [2.24, 2.45) is 0 Å². The molecule has 0 aliphatic heterocycles. The van der Waals surface area contributed by atoms with E-state index in [0.29, 0.717) is 12.1 Å². The molecule has 1 aromatic carbocycles. The minimum Gasteiger partial charge on any atom is -0.394 e. The Morgan fingerprint density at radius 1 is 1.29 bits per heavy atom. The summed E-state index contributed by atoms with van der Waals surface area (Å²) in [7, 11) is -4.48. The number of hydrogen-bond donors (Lipinski definition) is 2. The van der Waals surface area contributed by atoms with E-state index in [1.165, 1.54) is 4.72 Å². The van der Waals surface area contributed by atoms with Gasteiger partial charge in [-0.1, -0.05) is 0 Å². The number of nitrogens with two attached hydrogens (primary N) is 1. The van der Waals surface area contributed by atoms with Gasteiger partial charge in [-0.25, -0.2) is 30.7 Å². The lowest BCUT2D eigenvalue weighted by molar-refractivity contribution is 0.153. The normalized spacial score (nSPS) is 12.1. The average molecular weight is 272 g/mol. The number of nitrogen functional groups attached to an aromatic ring is 1. The molecular weight excluding hydrogens is 264 g/mol. The number of sulfonamides is 1. The van der Waals surface area contributed by atoms with E-state index < -0.39 is 45.2 Å². The van der Waals surface area contributed by atoms with Crippen molar-refractivity contribution in [1.29, 1.82) is 0 Å². The minimum absolute atomic E-state index is 0.606. The van der Waals surface area contributed by atoms with E-state index in [-0.39, 0.29) is 0 Å². The fraction of sp³-hybridized carbons (Fsp3) is 0.250. The first-order valence-corrected chi connectivity index (χ1v) is 5.75. The molecule has 3 N–H and O–H groups in total. The van der Waals surface area contributed by atoms with Crippen LogP contribution in [0.15, 0.2) is 17.0 Å². The first kappa shape index (κ1) is 13.7. The van der Waals surface area contributed by atoms with Crippen LogP contribution in [0.2, 0.25) is 0 Å². The predicted molar refractivity (Wildman–Crippen MR) is 52.0 cm³/mol. The SMILES string of the molecule is Nc1c(F)ccc(S(=O)(=O)NCC(F)F)c1F. The summed E-state index contributed by atoms with van der Waals surface area (Å²) in [5.41, 5.74) is 3.96. The number of rotatable bonds is 4. The van der Waals surface area contributed by atoms with Crippen molar-refractivity contribution < 1.29 is 26.0 Å². The summed E-state index contributed by atoms with van der Waals surface area (Å²) >= 11 is 0. The van der Waals surface area contributed by atoms with Crippen LogP contribution in [-0.4, -0.2) is 21.4 Å². The minimum atomic E-state index is -4.48. The van der Waals surface area contributed by atoms with Crippen molar-refractivity contribution in [1.82, 2.24) is 4.72 Å². The van der Waals surface area contributed by atoms with Gasteiger partial charge in [-0.15, -0.1) is 0 Å². The van der Waals surface area contributed by atoms with Crippen LogP contribution in [0.25, 0.3) is 0 Å². The highest BCUT2D eigenvalue weighted by Gasteiger charge is 2.23. The molecule has 0 unspecified atom stereocenters. The lowest BCUT2D eigenvalue weighted by Crippen LogP contribution is -2.29. The molecule has 1 rings (SSSR count). The van der Waals surface area contributed by atoms with Gasteiger partial charge < -0.3 is 5.73 Å². The molecule has 0 bridgehead atoms. The second-order valence-electron chi connectivity index (χ2n) is 3.02. The van der Waals surface area contributed by atoms with Crippen molar-refractivity contribution >= 4 is 15.7 Å². The number of benzene rings is 1. The van der Waals surface area contributed by atoms with E-state index in [1.54, 1.807) is 0 Å². The molecule has 0 fully saturated rings. The quantitative estimate of drug-likeness (QED) is 0.636. The molecule has 0 radical (unpaired) electrons. The zero-order chi connectivity index (χ0) is 13.2. The van der Waals surface area contributed by atoms with E-state index in [4.69, 9.17) is 5.73 Å². The Balaban J connectivity index is 3.12. The summed E-state index contributed by atoms with van der Waals surface area (Å²) in [5, 5.41) is 0. The third-order valence-corrected chi connectivity index (χ3v) is 3.25. The largest absolute Gasteiger partial charge is 0.394 e. The van der Waals surface area contributed by atoms with Crippen LogP contribution in [0, 0.1) is 11.6 Å². The first-order chi connectivity index (χ1) is 7.75. The second-order valence-corrected chi connectivity index (χ2v) is 4.75. The van der Waals surface area contributed by atoms with Gasteiger partial charge in [-0.3, -0.25) is 0 Å². The topological polar surface area (TPSA) is 72.2 Å². The summed E-state index contributed by atoms with van der Waals surface area (Å²) in [6.45, 7) is -1.17. The van der Waals surface area contributed by atoms with Crippen molar-refractivity contribution in [2.75, 3.05) is 12.3 Å². The Labute approximate surface area is 94.5 Å². The maximum absolute atomic E-state index is 13.3. The molecule has 0 amide bonds. The molecule has 4 nitrogen and oxygen atoms in total. The monoisotopic (exact) mass is 272 g/mol. The maximum Gasteiger partial charge on any atom is 0.251 e. The highest BCUT2D eigenvalue weighted by molar-refractivity contribution is 7.89. The number of anilines is 1. The number of nitrogens with one attached hydrogen (secondary N) is 1. The molecule has 0 aliphatic rings. The summed E-state index contributed by atoms with van der Waals surface area (Å²) in [6.07, 6.45) is -2.93. The van der Waals surface area contributed by atoms with E-state index >= 15 is 0 Å². The van der Waals surface area contributed by atoms with Crippen LogP contribution >= 0.6 is 0 Å². The summed E-state index contributed by atoms with van der Waals surface area (Å²) in [4.78, 5) is -0.975. The average Bonchev–Trinajstić information content (AvgIpc) is 2.23. The van der Waals surface area contributed by atoms with Gasteiger partial charge >= 0.3 is 0 Å². The van der Waals surface area contributed by atoms with E-state index in [2.05, 4.69) is 0 Å². The van der Waals surface area contributed by atoms with Gasteiger partial charge in [0.15, 0.2) is 5.82 Å². The van der Waals surface area contributed by atoms with Gasteiger partial charge in [0.25, 0.3) is 6.43 Å². The first-order valence-electron chi connectivity index (χ1n) is 4.27. The third kappa shape index (κ3) is 3.07. The standard InChI is InChI=1S/C8H8F4N2O2S/c9-4-1-2-5(7(12)8(4)13)17(15,16)14-3-6(10)11/h1-2,6,14H,3,13H2. The molecule has 1 aromatic rings. The Morgan fingerprint density at radius 2 is 1.88 bits per heavy atom. The molecule has 0 atom stereocenters. The van der Waals surface area contributed by atoms with E-state index in [9.17, 15) is 26.0 Å². The summed E-state index contributed by atoms with van der Waals surface area (Å²) in [6, 6.07) is 1.24. The highest BCUT2D eigenvalue weighted by atomic mass is 32.2. The van der Waals surface area contributed by atoms with Crippen LogP contribution in [-0.2, 0) is 10.0 Å². The molecule has 0 saturated heterocycles. The van der Waals surface area contributed by atoms with Crippen LogP contribution in [0.4, 0.5) is 23.2 Å². The second kappa shape index (κ2) is 4.88.